The number of hydrogen-bond acceptors (Lipinski definition) is 4. The van der Waals surface area contributed by atoms with Crippen LogP contribution in [-0.2, 0) is 14.4 Å². The molecule has 0 unspecified atom stereocenters. The first kappa shape index (κ1) is 16.3. The van der Waals surface area contributed by atoms with Crippen molar-refractivity contribution >= 4 is 40.7 Å². The number of carbonyl (C=O) groups excluding carboxylic acids is 3. The predicted molar refractivity (Wildman–Crippen MR) is 88.2 cm³/mol. The van der Waals surface area contributed by atoms with Crippen molar-refractivity contribution in [1.29, 1.82) is 0 Å². The third kappa shape index (κ3) is 3.06. The van der Waals surface area contributed by atoms with Crippen LogP contribution in [-0.4, -0.2) is 34.9 Å². The van der Waals surface area contributed by atoms with Crippen LogP contribution in [0.5, 0.6) is 0 Å². The molecule has 6 heteroatoms. The number of carbonyl (C=O) groups is 3. The molecule has 22 heavy (non-hydrogen) atoms. The van der Waals surface area contributed by atoms with Crippen molar-refractivity contribution in [3.05, 3.63) is 34.7 Å². The van der Waals surface area contributed by atoms with Gasteiger partial charge in [-0.25, -0.2) is 0 Å². The van der Waals surface area contributed by atoms with Gasteiger partial charge in [-0.3, -0.25) is 19.3 Å². The van der Waals surface area contributed by atoms with E-state index < -0.39 is 0 Å². The Balaban J connectivity index is 2.40. The lowest BCUT2D eigenvalue weighted by atomic mass is 10.1. The van der Waals surface area contributed by atoms with Gasteiger partial charge in [-0.2, -0.15) is 0 Å². The summed E-state index contributed by atoms with van der Waals surface area (Å²) < 4.78 is 0. The second kappa shape index (κ2) is 6.79. The molecular formula is C16H18N2O3S. The van der Waals surface area contributed by atoms with Crippen LogP contribution in [0.4, 0.5) is 5.69 Å². The van der Waals surface area contributed by atoms with E-state index in [0.717, 1.165) is 5.75 Å². The molecule has 0 spiro atoms. The Morgan fingerprint density at radius 2 is 1.77 bits per heavy atom. The summed E-state index contributed by atoms with van der Waals surface area (Å²) in [5.74, 6) is 0.0915. The molecule has 5 nitrogen and oxygen atoms in total. The first-order chi connectivity index (χ1) is 10.5. The highest BCUT2D eigenvalue weighted by molar-refractivity contribution is 8.04. The van der Waals surface area contributed by atoms with Crippen molar-refractivity contribution in [3.8, 4) is 0 Å². The smallest absolute Gasteiger partial charge is 0.267 e. The predicted octanol–water partition coefficient (Wildman–Crippen LogP) is 2.50. The summed E-state index contributed by atoms with van der Waals surface area (Å²) in [7, 11) is 0. The number of amides is 3. The normalized spacial score (nSPS) is 14.8. The zero-order valence-corrected chi connectivity index (χ0v) is 13.6. The lowest BCUT2D eigenvalue weighted by molar-refractivity contribution is -0.136. The van der Waals surface area contributed by atoms with E-state index >= 15 is 0 Å². The number of benzene rings is 1. The van der Waals surface area contributed by atoms with E-state index in [4.69, 9.17) is 0 Å². The van der Waals surface area contributed by atoms with E-state index in [0.29, 0.717) is 28.3 Å². The van der Waals surface area contributed by atoms with Gasteiger partial charge < -0.3 is 5.32 Å². The van der Waals surface area contributed by atoms with Gasteiger partial charge in [0.2, 0.25) is 5.91 Å². The summed E-state index contributed by atoms with van der Waals surface area (Å²) in [6.45, 7) is 5.53. The number of thioether (sulfide) groups is 1. The van der Waals surface area contributed by atoms with Gasteiger partial charge in [0.1, 0.15) is 0 Å². The number of nitrogens with zero attached hydrogens (tertiary/aromatic N) is 1. The van der Waals surface area contributed by atoms with Gasteiger partial charge in [-0.1, -0.05) is 19.1 Å². The van der Waals surface area contributed by atoms with Gasteiger partial charge in [-0.05, 0) is 30.4 Å². The Labute approximate surface area is 133 Å². The monoisotopic (exact) mass is 318 g/mol. The average molecular weight is 318 g/mol. The number of anilines is 1. The van der Waals surface area contributed by atoms with Crippen molar-refractivity contribution in [3.63, 3.8) is 0 Å². The number of nitrogens with one attached hydrogen (secondary N) is 1. The molecule has 0 aromatic heterocycles. The third-order valence-electron chi connectivity index (χ3n) is 3.22. The van der Waals surface area contributed by atoms with Crippen molar-refractivity contribution < 1.29 is 14.4 Å². The van der Waals surface area contributed by atoms with E-state index in [9.17, 15) is 14.4 Å². The van der Waals surface area contributed by atoms with Gasteiger partial charge in [0.25, 0.3) is 11.8 Å². The second-order valence-electron chi connectivity index (χ2n) is 4.75. The van der Waals surface area contributed by atoms with E-state index in [1.54, 1.807) is 31.2 Å². The van der Waals surface area contributed by atoms with Crippen molar-refractivity contribution in [2.24, 2.45) is 0 Å². The highest BCUT2D eigenvalue weighted by Crippen LogP contribution is 2.36. The maximum absolute atomic E-state index is 12.5. The molecule has 1 aromatic rings. The summed E-state index contributed by atoms with van der Waals surface area (Å²) in [5.41, 5.74) is 1.80. The molecule has 1 heterocycles. The number of hydrogen-bond donors (Lipinski definition) is 1. The van der Waals surface area contributed by atoms with Crippen molar-refractivity contribution in [2.75, 3.05) is 17.6 Å². The SMILES string of the molecule is CCSC1=C(c2ccc(NC(C)=O)cc2)C(=O)N(CC)C1=O. The number of imide groups is 1. The molecule has 0 fully saturated rings. The fraction of sp³-hybridized carbons (Fsp3) is 0.312. The minimum Gasteiger partial charge on any atom is -0.326 e. The van der Waals surface area contributed by atoms with Crippen LogP contribution in [0.15, 0.2) is 29.2 Å². The van der Waals surface area contributed by atoms with Crippen LogP contribution in [0.25, 0.3) is 5.57 Å². The molecule has 1 aliphatic heterocycles. The number of rotatable bonds is 5. The first-order valence-electron chi connectivity index (χ1n) is 7.10. The zero-order valence-electron chi connectivity index (χ0n) is 12.8. The molecule has 116 valence electrons. The molecule has 0 bridgehead atoms. The fourth-order valence-electron chi connectivity index (χ4n) is 2.30. The summed E-state index contributed by atoms with van der Waals surface area (Å²) >= 11 is 1.39. The summed E-state index contributed by atoms with van der Waals surface area (Å²) in [6, 6.07) is 6.96. The Bertz CT molecular complexity index is 650. The molecule has 1 N–H and O–H groups in total. The summed E-state index contributed by atoms with van der Waals surface area (Å²) in [5, 5.41) is 2.68. The summed E-state index contributed by atoms with van der Waals surface area (Å²) in [4.78, 5) is 37.6. The molecule has 0 aliphatic carbocycles. The Morgan fingerprint density at radius 3 is 2.27 bits per heavy atom. The number of likely N-dealkylation sites (N-methyl/N-ethyl adjacent to an activating group) is 1. The van der Waals surface area contributed by atoms with Crippen molar-refractivity contribution in [2.45, 2.75) is 20.8 Å². The van der Waals surface area contributed by atoms with E-state index in [-0.39, 0.29) is 17.7 Å². The quantitative estimate of drug-likeness (QED) is 0.847. The Hall–Kier alpha value is -2.08. The maximum atomic E-state index is 12.5. The molecule has 0 radical (unpaired) electrons. The van der Waals surface area contributed by atoms with Gasteiger partial charge in [0.05, 0.1) is 10.5 Å². The molecular weight excluding hydrogens is 300 g/mol. The molecule has 1 aliphatic rings. The van der Waals surface area contributed by atoms with E-state index in [1.165, 1.54) is 23.6 Å². The van der Waals surface area contributed by atoms with Gasteiger partial charge >= 0.3 is 0 Å². The Morgan fingerprint density at radius 1 is 1.14 bits per heavy atom. The molecule has 0 saturated carbocycles. The largest absolute Gasteiger partial charge is 0.326 e. The standard InChI is InChI=1S/C16H18N2O3S/c1-4-18-15(20)13(14(16(18)21)22-5-2)11-6-8-12(9-7-11)17-10(3)19/h6-9H,4-5H2,1-3H3,(H,17,19). The van der Waals surface area contributed by atoms with Crippen LogP contribution in [0, 0.1) is 0 Å². The van der Waals surface area contributed by atoms with Gasteiger partial charge in [0.15, 0.2) is 0 Å². The minimum atomic E-state index is -0.254. The van der Waals surface area contributed by atoms with E-state index in [1.807, 2.05) is 6.92 Å². The van der Waals surface area contributed by atoms with Crippen LogP contribution >= 0.6 is 11.8 Å². The molecule has 0 saturated heterocycles. The molecule has 0 atom stereocenters. The van der Waals surface area contributed by atoms with Gasteiger partial charge in [-0.15, -0.1) is 11.8 Å². The lowest BCUT2D eigenvalue weighted by Gasteiger charge is -2.11. The van der Waals surface area contributed by atoms with Crippen LogP contribution < -0.4 is 5.32 Å². The van der Waals surface area contributed by atoms with Crippen LogP contribution in [0.2, 0.25) is 0 Å². The lowest BCUT2D eigenvalue weighted by Crippen LogP contribution is -2.31. The second-order valence-corrected chi connectivity index (χ2v) is 6.02. The van der Waals surface area contributed by atoms with Crippen LogP contribution in [0.3, 0.4) is 0 Å². The molecule has 3 amide bonds. The third-order valence-corrected chi connectivity index (χ3v) is 4.18. The van der Waals surface area contributed by atoms with E-state index in [2.05, 4.69) is 5.32 Å². The van der Waals surface area contributed by atoms with Crippen molar-refractivity contribution in [1.82, 2.24) is 4.90 Å². The maximum Gasteiger partial charge on any atom is 0.267 e. The van der Waals surface area contributed by atoms with Gasteiger partial charge in [0, 0.05) is 19.2 Å². The molecule has 1 aromatic carbocycles. The fourth-order valence-corrected chi connectivity index (χ4v) is 3.17. The molecule has 2 rings (SSSR count). The highest BCUT2D eigenvalue weighted by atomic mass is 32.2. The Kier molecular flexibility index (Phi) is 5.03. The highest BCUT2D eigenvalue weighted by Gasteiger charge is 2.37. The minimum absolute atomic E-state index is 0.154. The van der Waals surface area contributed by atoms with Crippen LogP contribution in [0.1, 0.15) is 26.3 Å². The first-order valence-corrected chi connectivity index (χ1v) is 8.09. The average Bonchev–Trinajstić information content (AvgIpc) is 2.71. The zero-order chi connectivity index (χ0) is 16.3. The topological polar surface area (TPSA) is 66.5 Å². The summed E-state index contributed by atoms with van der Waals surface area (Å²) in [6.07, 6.45) is 0.